The maximum Gasteiger partial charge on any atom is 0.236 e. The van der Waals surface area contributed by atoms with Gasteiger partial charge in [-0.05, 0) is 30.5 Å². The Morgan fingerprint density at radius 3 is 2.11 bits per heavy atom. The van der Waals surface area contributed by atoms with Crippen LogP contribution in [0.5, 0.6) is 0 Å². The van der Waals surface area contributed by atoms with Crippen LogP contribution in [0, 0.1) is 0 Å². The fourth-order valence-electron chi connectivity index (χ4n) is 4.44. The van der Waals surface area contributed by atoms with Crippen molar-refractivity contribution in [2.75, 3.05) is 59.0 Å². The van der Waals surface area contributed by atoms with E-state index in [0.29, 0.717) is 45.9 Å². The number of morpholine rings is 1. The van der Waals surface area contributed by atoms with Gasteiger partial charge in [0.25, 0.3) is 0 Å². The van der Waals surface area contributed by atoms with Crippen molar-refractivity contribution in [2.24, 2.45) is 0 Å². The minimum Gasteiger partial charge on any atom is -0.379 e. The van der Waals surface area contributed by atoms with E-state index < -0.39 is 0 Å². The topological polar surface area (TPSA) is 53.1 Å². The summed E-state index contributed by atoms with van der Waals surface area (Å²) in [6.45, 7) is 6.02. The summed E-state index contributed by atoms with van der Waals surface area (Å²) in [7, 11) is 0. The Bertz CT molecular complexity index is 706. The molecular formula is C21H28BrN3O3. The molecule has 0 radical (unpaired) electrons. The minimum atomic E-state index is -0.360. The third kappa shape index (κ3) is 3.98. The first-order valence-electron chi connectivity index (χ1n) is 10.2. The molecule has 3 fully saturated rings. The average molecular weight is 450 g/mol. The zero-order valence-electron chi connectivity index (χ0n) is 16.2. The maximum atomic E-state index is 13.4. The minimum absolute atomic E-state index is 0.167. The van der Waals surface area contributed by atoms with Gasteiger partial charge < -0.3 is 14.5 Å². The first-order valence-corrected chi connectivity index (χ1v) is 11.0. The Kier molecular flexibility index (Phi) is 6.04. The molecule has 28 heavy (non-hydrogen) atoms. The van der Waals surface area contributed by atoms with Gasteiger partial charge in [-0.3, -0.25) is 14.5 Å². The van der Waals surface area contributed by atoms with Crippen LogP contribution < -0.4 is 0 Å². The number of ether oxygens (including phenoxy) is 1. The molecule has 0 spiro atoms. The van der Waals surface area contributed by atoms with E-state index in [2.05, 4.69) is 33.0 Å². The van der Waals surface area contributed by atoms with Gasteiger partial charge in [0, 0.05) is 43.7 Å². The lowest BCUT2D eigenvalue weighted by molar-refractivity contribution is -0.146. The maximum absolute atomic E-state index is 13.4. The Morgan fingerprint density at radius 2 is 1.54 bits per heavy atom. The Labute approximate surface area is 174 Å². The molecule has 7 heteroatoms. The highest BCUT2D eigenvalue weighted by molar-refractivity contribution is 9.10. The standard InChI is InChI=1S/C21H28BrN3O3/c22-18-4-2-17(3-5-18)21(6-1-7-21)20(27)25-10-8-24(9-11-25)19(26)16-23-12-14-28-15-13-23/h2-5H,1,6-16H2. The molecule has 1 aromatic rings. The van der Waals surface area contributed by atoms with Gasteiger partial charge in [-0.1, -0.05) is 34.5 Å². The molecule has 4 rings (SSSR count). The van der Waals surface area contributed by atoms with Crippen molar-refractivity contribution in [1.29, 1.82) is 0 Å². The molecule has 6 nitrogen and oxygen atoms in total. The van der Waals surface area contributed by atoms with Crippen LogP contribution in [0.25, 0.3) is 0 Å². The number of hydrogen-bond donors (Lipinski definition) is 0. The van der Waals surface area contributed by atoms with Crippen molar-refractivity contribution in [3.8, 4) is 0 Å². The first kappa shape index (κ1) is 19.9. The van der Waals surface area contributed by atoms with Crippen LogP contribution in [0.4, 0.5) is 0 Å². The van der Waals surface area contributed by atoms with E-state index in [1.54, 1.807) is 0 Å². The van der Waals surface area contributed by atoms with E-state index >= 15 is 0 Å². The highest BCUT2D eigenvalue weighted by Gasteiger charge is 2.48. The van der Waals surface area contributed by atoms with Crippen LogP contribution in [0.3, 0.4) is 0 Å². The summed E-state index contributed by atoms with van der Waals surface area (Å²) in [6, 6.07) is 8.18. The predicted octanol–water partition coefficient (Wildman–Crippen LogP) is 1.87. The van der Waals surface area contributed by atoms with Crippen molar-refractivity contribution in [3.05, 3.63) is 34.3 Å². The van der Waals surface area contributed by atoms with E-state index in [0.717, 1.165) is 42.4 Å². The molecule has 2 amide bonds. The van der Waals surface area contributed by atoms with Crippen molar-refractivity contribution in [3.63, 3.8) is 0 Å². The Balaban J connectivity index is 1.34. The molecule has 3 aliphatic rings. The number of carbonyl (C=O) groups is 2. The second-order valence-corrected chi connectivity index (χ2v) is 8.92. The van der Waals surface area contributed by atoms with Gasteiger partial charge in [-0.2, -0.15) is 0 Å². The largest absolute Gasteiger partial charge is 0.379 e. The molecular weight excluding hydrogens is 422 g/mol. The second kappa shape index (κ2) is 8.51. The summed E-state index contributed by atoms with van der Waals surface area (Å²) in [4.78, 5) is 32.0. The van der Waals surface area contributed by atoms with Gasteiger partial charge >= 0.3 is 0 Å². The molecule has 152 valence electrons. The van der Waals surface area contributed by atoms with Crippen LogP contribution in [0.15, 0.2) is 28.7 Å². The number of rotatable bonds is 4. The number of hydrogen-bond acceptors (Lipinski definition) is 4. The van der Waals surface area contributed by atoms with E-state index in [1.807, 2.05) is 21.9 Å². The van der Waals surface area contributed by atoms with Gasteiger partial charge in [0.1, 0.15) is 0 Å². The van der Waals surface area contributed by atoms with Crippen molar-refractivity contribution in [2.45, 2.75) is 24.7 Å². The Morgan fingerprint density at radius 1 is 0.929 bits per heavy atom. The van der Waals surface area contributed by atoms with Crippen LogP contribution >= 0.6 is 15.9 Å². The zero-order valence-corrected chi connectivity index (χ0v) is 17.8. The molecule has 0 unspecified atom stereocenters. The summed E-state index contributed by atoms with van der Waals surface area (Å²) in [5.74, 6) is 0.404. The Hall–Kier alpha value is -1.44. The monoisotopic (exact) mass is 449 g/mol. The van der Waals surface area contributed by atoms with E-state index in [-0.39, 0.29) is 17.2 Å². The predicted molar refractivity (Wildman–Crippen MR) is 110 cm³/mol. The second-order valence-electron chi connectivity index (χ2n) is 8.00. The quantitative estimate of drug-likeness (QED) is 0.703. The lowest BCUT2D eigenvalue weighted by Crippen LogP contribution is -2.58. The lowest BCUT2D eigenvalue weighted by Gasteiger charge is -2.46. The summed E-state index contributed by atoms with van der Waals surface area (Å²) in [6.07, 6.45) is 2.94. The molecule has 0 aromatic heterocycles. The number of carbonyl (C=O) groups excluding carboxylic acids is 2. The van der Waals surface area contributed by atoms with Crippen molar-refractivity contribution >= 4 is 27.7 Å². The summed E-state index contributed by atoms with van der Waals surface area (Å²) < 4.78 is 6.38. The molecule has 2 saturated heterocycles. The average Bonchev–Trinajstić information content (AvgIpc) is 2.69. The fourth-order valence-corrected chi connectivity index (χ4v) is 4.70. The fraction of sp³-hybridized carbons (Fsp3) is 0.619. The van der Waals surface area contributed by atoms with Gasteiger partial charge in [0.05, 0.1) is 25.2 Å². The number of nitrogens with zero attached hydrogens (tertiary/aromatic N) is 3. The number of benzene rings is 1. The molecule has 1 saturated carbocycles. The van der Waals surface area contributed by atoms with Gasteiger partial charge in [0.2, 0.25) is 11.8 Å². The van der Waals surface area contributed by atoms with Crippen molar-refractivity contribution < 1.29 is 14.3 Å². The molecule has 0 atom stereocenters. The first-order chi connectivity index (χ1) is 13.6. The van der Waals surface area contributed by atoms with Gasteiger partial charge in [-0.15, -0.1) is 0 Å². The van der Waals surface area contributed by atoms with Crippen LogP contribution in [-0.2, 0) is 19.7 Å². The van der Waals surface area contributed by atoms with Crippen LogP contribution in [-0.4, -0.2) is 85.5 Å². The van der Waals surface area contributed by atoms with Crippen LogP contribution in [0.2, 0.25) is 0 Å². The molecule has 1 aliphatic carbocycles. The van der Waals surface area contributed by atoms with Crippen LogP contribution in [0.1, 0.15) is 24.8 Å². The van der Waals surface area contributed by atoms with E-state index in [4.69, 9.17) is 4.74 Å². The van der Waals surface area contributed by atoms with Crippen molar-refractivity contribution in [1.82, 2.24) is 14.7 Å². The summed E-state index contributed by atoms with van der Waals surface area (Å²) in [5.41, 5.74) is 0.763. The number of halogens is 1. The summed E-state index contributed by atoms with van der Waals surface area (Å²) in [5, 5.41) is 0. The lowest BCUT2D eigenvalue weighted by atomic mass is 9.63. The molecule has 2 heterocycles. The van der Waals surface area contributed by atoms with E-state index in [1.165, 1.54) is 0 Å². The summed E-state index contributed by atoms with van der Waals surface area (Å²) >= 11 is 3.48. The number of amides is 2. The number of piperazine rings is 1. The smallest absolute Gasteiger partial charge is 0.236 e. The molecule has 0 N–H and O–H groups in total. The SMILES string of the molecule is O=C(CN1CCOCC1)N1CCN(C(=O)C2(c3ccc(Br)cc3)CCC2)CC1. The molecule has 2 aliphatic heterocycles. The third-order valence-corrected chi connectivity index (χ3v) is 6.92. The highest BCUT2D eigenvalue weighted by atomic mass is 79.9. The normalized spacial score (nSPS) is 22.6. The van der Waals surface area contributed by atoms with Gasteiger partial charge in [-0.25, -0.2) is 0 Å². The zero-order chi connectivity index (χ0) is 19.6. The highest BCUT2D eigenvalue weighted by Crippen LogP contribution is 2.45. The molecule has 0 bridgehead atoms. The van der Waals surface area contributed by atoms with Gasteiger partial charge in [0.15, 0.2) is 0 Å². The van der Waals surface area contributed by atoms with E-state index in [9.17, 15) is 9.59 Å². The third-order valence-electron chi connectivity index (χ3n) is 6.40. The molecule has 1 aromatic carbocycles.